The van der Waals surface area contributed by atoms with Gasteiger partial charge in [-0.3, -0.25) is 4.79 Å². The van der Waals surface area contributed by atoms with Crippen LogP contribution in [-0.4, -0.2) is 41.6 Å². The minimum atomic E-state index is -0.537. The fraction of sp³-hybridized carbons (Fsp3) is 0.500. The Morgan fingerprint density at radius 1 is 1.35 bits per heavy atom. The Balaban J connectivity index is 1.85. The van der Waals surface area contributed by atoms with Crippen molar-refractivity contribution >= 4 is 18.1 Å². The van der Waals surface area contributed by atoms with E-state index in [1.165, 1.54) is 6.07 Å². The van der Waals surface area contributed by atoms with Gasteiger partial charge in [0.1, 0.15) is 11.4 Å². The molecule has 2 amide bonds. The van der Waals surface area contributed by atoms with E-state index in [4.69, 9.17) is 4.74 Å². The van der Waals surface area contributed by atoms with Crippen molar-refractivity contribution in [1.82, 2.24) is 10.2 Å². The summed E-state index contributed by atoms with van der Waals surface area (Å²) >= 11 is 0. The van der Waals surface area contributed by atoms with E-state index in [2.05, 4.69) is 11.9 Å². The molecule has 0 aromatic heterocycles. The molecule has 1 aromatic rings. The predicted octanol–water partition coefficient (Wildman–Crippen LogP) is 3.53. The van der Waals surface area contributed by atoms with Gasteiger partial charge in [0.05, 0.1) is 6.42 Å². The summed E-state index contributed by atoms with van der Waals surface area (Å²) in [4.78, 5) is 26.0. The second-order valence-corrected chi connectivity index (χ2v) is 7.53. The lowest BCUT2D eigenvalue weighted by atomic mass is 10.0. The van der Waals surface area contributed by atoms with Crippen LogP contribution in [0.5, 0.6) is 0 Å². The van der Waals surface area contributed by atoms with Crippen LogP contribution in [0.15, 0.2) is 24.8 Å². The lowest BCUT2D eigenvalue weighted by Crippen LogP contribution is -2.48. The maximum Gasteiger partial charge on any atom is 0.407 e. The van der Waals surface area contributed by atoms with E-state index in [-0.39, 0.29) is 24.2 Å². The Labute approximate surface area is 154 Å². The number of halogens is 1. The lowest BCUT2D eigenvalue weighted by molar-refractivity contribution is -0.131. The van der Waals surface area contributed by atoms with Gasteiger partial charge in [-0.2, -0.15) is 0 Å². The Bertz CT molecular complexity index is 674. The Morgan fingerprint density at radius 3 is 2.58 bits per heavy atom. The number of amides is 2. The largest absolute Gasteiger partial charge is 0.444 e. The molecule has 26 heavy (non-hydrogen) atoms. The van der Waals surface area contributed by atoms with Crippen LogP contribution in [0.1, 0.15) is 44.7 Å². The second kappa shape index (κ2) is 8.34. The maximum absolute atomic E-state index is 13.9. The van der Waals surface area contributed by atoms with Crippen molar-refractivity contribution in [3.8, 4) is 0 Å². The molecule has 1 N–H and O–H groups in total. The summed E-state index contributed by atoms with van der Waals surface area (Å²) < 4.78 is 19.2. The van der Waals surface area contributed by atoms with Gasteiger partial charge in [-0.25, -0.2) is 9.18 Å². The van der Waals surface area contributed by atoms with Crippen molar-refractivity contribution in [1.29, 1.82) is 0 Å². The lowest BCUT2D eigenvalue weighted by Gasteiger charge is -2.33. The number of nitrogens with one attached hydrogen (secondary N) is 1. The SMILES string of the molecule is C=Cc1ccc(F)c(CC(=O)N2CCC(NC(=O)OC(C)(C)C)CC2)c1. The number of ether oxygens (including phenoxy) is 1. The van der Waals surface area contributed by atoms with Crippen LogP contribution < -0.4 is 5.32 Å². The molecule has 0 bridgehead atoms. The first kappa shape index (κ1) is 19.9. The molecule has 1 heterocycles. The zero-order chi connectivity index (χ0) is 19.3. The minimum Gasteiger partial charge on any atom is -0.444 e. The van der Waals surface area contributed by atoms with Gasteiger partial charge in [-0.1, -0.05) is 18.7 Å². The number of hydrogen-bond donors (Lipinski definition) is 1. The van der Waals surface area contributed by atoms with Crippen molar-refractivity contribution in [2.45, 2.75) is 51.7 Å². The van der Waals surface area contributed by atoms with E-state index in [0.717, 1.165) is 5.56 Å². The molecule has 1 aliphatic rings. The molecule has 5 nitrogen and oxygen atoms in total. The summed E-state index contributed by atoms with van der Waals surface area (Å²) in [7, 11) is 0. The van der Waals surface area contributed by atoms with Gasteiger partial charge in [-0.05, 0) is 56.9 Å². The fourth-order valence-electron chi connectivity index (χ4n) is 2.88. The topological polar surface area (TPSA) is 58.6 Å². The number of nitrogens with zero attached hydrogens (tertiary/aromatic N) is 1. The van der Waals surface area contributed by atoms with E-state index < -0.39 is 11.7 Å². The van der Waals surface area contributed by atoms with Gasteiger partial charge in [0.15, 0.2) is 0 Å². The van der Waals surface area contributed by atoms with E-state index in [0.29, 0.717) is 31.5 Å². The number of carbonyl (C=O) groups is 2. The quantitative estimate of drug-likeness (QED) is 0.891. The van der Waals surface area contributed by atoms with Crippen LogP contribution in [0.3, 0.4) is 0 Å². The van der Waals surface area contributed by atoms with Crippen LogP contribution >= 0.6 is 0 Å². The Morgan fingerprint density at radius 2 is 2.00 bits per heavy atom. The van der Waals surface area contributed by atoms with Crippen LogP contribution in [0.2, 0.25) is 0 Å². The first-order valence-corrected chi connectivity index (χ1v) is 8.86. The van der Waals surface area contributed by atoms with Crippen molar-refractivity contribution in [2.75, 3.05) is 13.1 Å². The third-order valence-corrected chi connectivity index (χ3v) is 4.22. The van der Waals surface area contributed by atoms with Crippen LogP contribution in [-0.2, 0) is 16.0 Å². The molecule has 1 aliphatic heterocycles. The molecule has 142 valence electrons. The predicted molar refractivity (Wildman–Crippen MR) is 99.2 cm³/mol. The molecule has 0 aliphatic carbocycles. The number of piperidine rings is 1. The molecule has 6 heteroatoms. The number of likely N-dealkylation sites (tertiary alicyclic amines) is 1. The van der Waals surface area contributed by atoms with Gasteiger partial charge in [0.25, 0.3) is 0 Å². The van der Waals surface area contributed by atoms with Crippen LogP contribution in [0.4, 0.5) is 9.18 Å². The molecule has 0 radical (unpaired) electrons. The van der Waals surface area contributed by atoms with Crippen molar-refractivity contribution in [2.24, 2.45) is 0 Å². The zero-order valence-corrected chi connectivity index (χ0v) is 15.7. The summed E-state index contributed by atoms with van der Waals surface area (Å²) in [6.45, 7) is 10.2. The molecule has 0 atom stereocenters. The second-order valence-electron chi connectivity index (χ2n) is 7.53. The van der Waals surface area contributed by atoms with Gasteiger partial charge in [-0.15, -0.1) is 0 Å². The summed E-state index contributed by atoms with van der Waals surface area (Å²) in [6.07, 6.45) is 2.52. The fourth-order valence-corrected chi connectivity index (χ4v) is 2.88. The van der Waals surface area contributed by atoms with E-state index in [9.17, 15) is 14.0 Å². The molecule has 0 unspecified atom stereocenters. The third kappa shape index (κ3) is 5.86. The van der Waals surface area contributed by atoms with Crippen LogP contribution in [0, 0.1) is 5.82 Å². The Kier molecular flexibility index (Phi) is 6.40. The summed E-state index contributed by atoms with van der Waals surface area (Å²) in [5, 5.41) is 2.84. The molecule has 1 aromatic carbocycles. The average molecular weight is 362 g/mol. The maximum atomic E-state index is 13.9. The molecular formula is C20H27FN2O3. The number of alkyl carbamates (subject to hydrolysis) is 1. The monoisotopic (exact) mass is 362 g/mol. The van der Waals surface area contributed by atoms with Gasteiger partial charge in [0, 0.05) is 19.1 Å². The average Bonchev–Trinajstić information content (AvgIpc) is 2.55. The molecule has 2 rings (SSSR count). The highest BCUT2D eigenvalue weighted by molar-refractivity contribution is 5.79. The minimum absolute atomic E-state index is 0.0188. The third-order valence-electron chi connectivity index (χ3n) is 4.22. The van der Waals surface area contributed by atoms with Crippen LogP contribution in [0.25, 0.3) is 6.08 Å². The summed E-state index contributed by atoms with van der Waals surface area (Å²) in [5.41, 5.74) is 0.626. The molecular weight excluding hydrogens is 335 g/mol. The number of benzene rings is 1. The first-order chi connectivity index (χ1) is 12.2. The van der Waals surface area contributed by atoms with Crippen molar-refractivity contribution in [3.05, 3.63) is 41.7 Å². The Hall–Kier alpha value is -2.37. The van der Waals surface area contributed by atoms with Gasteiger partial charge >= 0.3 is 6.09 Å². The highest BCUT2D eigenvalue weighted by atomic mass is 19.1. The van der Waals surface area contributed by atoms with E-state index >= 15 is 0 Å². The highest BCUT2D eigenvalue weighted by Crippen LogP contribution is 2.17. The standard InChI is InChI=1S/C20H27FN2O3/c1-5-14-6-7-17(21)15(12-14)13-18(24)23-10-8-16(9-11-23)22-19(25)26-20(2,3)4/h5-7,12,16H,1,8-11,13H2,2-4H3,(H,22,25). The molecule has 0 saturated carbocycles. The highest BCUT2D eigenvalue weighted by Gasteiger charge is 2.26. The number of rotatable bonds is 4. The summed E-state index contributed by atoms with van der Waals surface area (Å²) in [6, 6.07) is 4.62. The van der Waals surface area contributed by atoms with E-state index in [1.807, 2.05) is 20.8 Å². The smallest absolute Gasteiger partial charge is 0.407 e. The summed E-state index contributed by atoms with van der Waals surface area (Å²) in [5.74, 6) is -0.494. The van der Waals surface area contributed by atoms with E-state index in [1.54, 1.807) is 23.1 Å². The molecule has 1 saturated heterocycles. The molecule has 1 fully saturated rings. The first-order valence-electron chi connectivity index (χ1n) is 8.86. The van der Waals surface area contributed by atoms with Gasteiger partial charge < -0.3 is 15.0 Å². The number of hydrogen-bond acceptors (Lipinski definition) is 3. The van der Waals surface area contributed by atoms with Crippen molar-refractivity contribution in [3.63, 3.8) is 0 Å². The molecule has 0 spiro atoms. The number of carbonyl (C=O) groups excluding carboxylic acids is 2. The van der Waals surface area contributed by atoms with Gasteiger partial charge in [0.2, 0.25) is 5.91 Å². The van der Waals surface area contributed by atoms with Crippen molar-refractivity contribution < 1.29 is 18.7 Å². The normalized spacial score (nSPS) is 15.5. The zero-order valence-electron chi connectivity index (χ0n) is 15.7.